The van der Waals surface area contributed by atoms with Gasteiger partial charge in [0.1, 0.15) is 4.32 Å². The Balaban J connectivity index is 1.46. The number of nitrogens with zero attached hydrogens (tertiary/aromatic N) is 3. The highest BCUT2D eigenvalue weighted by Crippen LogP contribution is 2.32. The number of piperazine rings is 1. The number of rotatable bonds is 7. The third kappa shape index (κ3) is 6.10. The molecule has 3 rings (SSSR count). The number of amides is 3. The van der Waals surface area contributed by atoms with Gasteiger partial charge in [-0.2, -0.15) is 0 Å². The monoisotopic (exact) mass is 475 g/mol. The van der Waals surface area contributed by atoms with Gasteiger partial charge in [-0.1, -0.05) is 55.2 Å². The maximum absolute atomic E-state index is 12.8. The standard InChI is InChI=1S/C23H29N3O4S2/c1-3-17-7-9-18(10-8-17)16-19-21(28)26(23(31)32-19)11-5-6-20(27)24-12-14-25(15-13-24)22(29)30-4-2/h7-10,16H,3-6,11-15H2,1-2H3. The van der Waals surface area contributed by atoms with E-state index in [1.165, 1.54) is 17.3 Å². The van der Waals surface area contributed by atoms with Gasteiger partial charge in [-0.15, -0.1) is 0 Å². The van der Waals surface area contributed by atoms with Crippen molar-refractivity contribution in [1.82, 2.24) is 14.7 Å². The Kier molecular flexibility index (Phi) is 8.69. The molecule has 0 aromatic heterocycles. The van der Waals surface area contributed by atoms with Crippen LogP contribution in [0.25, 0.3) is 6.08 Å². The lowest BCUT2D eigenvalue weighted by atomic mass is 10.1. The Labute approximate surface area is 198 Å². The minimum Gasteiger partial charge on any atom is -0.450 e. The zero-order chi connectivity index (χ0) is 23.1. The zero-order valence-corrected chi connectivity index (χ0v) is 20.2. The summed E-state index contributed by atoms with van der Waals surface area (Å²) in [5, 5.41) is 0. The Morgan fingerprint density at radius 1 is 1.09 bits per heavy atom. The van der Waals surface area contributed by atoms with Crippen molar-refractivity contribution in [1.29, 1.82) is 0 Å². The molecule has 172 valence electrons. The molecule has 9 heteroatoms. The molecule has 2 heterocycles. The fraction of sp³-hybridized carbons (Fsp3) is 0.478. The molecule has 0 bridgehead atoms. The molecule has 0 radical (unpaired) electrons. The molecule has 2 aliphatic rings. The quantitative estimate of drug-likeness (QED) is 0.444. The van der Waals surface area contributed by atoms with E-state index in [9.17, 15) is 14.4 Å². The molecule has 32 heavy (non-hydrogen) atoms. The van der Waals surface area contributed by atoms with Crippen molar-refractivity contribution in [3.05, 3.63) is 40.3 Å². The molecule has 7 nitrogen and oxygen atoms in total. The van der Waals surface area contributed by atoms with Crippen LogP contribution in [0.1, 0.15) is 37.8 Å². The fourth-order valence-electron chi connectivity index (χ4n) is 3.59. The molecule has 1 aromatic carbocycles. The first-order valence-electron chi connectivity index (χ1n) is 11.0. The highest BCUT2D eigenvalue weighted by atomic mass is 32.2. The summed E-state index contributed by atoms with van der Waals surface area (Å²) in [6.07, 6.45) is 3.40. The van der Waals surface area contributed by atoms with Gasteiger partial charge in [0, 0.05) is 39.1 Å². The number of thiocarbonyl (C=S) groups is 1. The third-order valence-corrected chi connectivity index (χ3v) is 6.87. The fourth-order valence-corrected chi connectivity index (χ4v) is 4.90. The molecule has 2 aliphatic heterocycles. The van der Waals surface area contributed by atoms with Crippen LogP contribution in [-0.2, 0) is 20.7 Å². The molecule has 0 atom stereocenters. The van der Waals surface area contributed by atoms with Crippen molar-refractivity contribution in [3.63, 3.8) is 0 Å². The van der Waals surface area contributed by atoms with Gasteiger partial charge in [-0.05, 0) is 37.0 Å². The Hall–Kier alpha value is -2.39. The van der Waals surface area contributed by atoms with E-state index in [-0.39, 0.29) is 17.9 Å². The lowest BCUT2D eigenvalue weighted by Gasteiger charge is -2.34. The summed E-state index contributed by atoms with van der Waals surface area (Å²) in [5.41, 5.74) is 2.22. The van der Waals surface area contributed by atoms with Crippen LogP contribution in [0.3, 0.4) is 0 Å². The first kappa shape index (κ1) is 24.3. The minimum absolute atomic E-state index is 0.0329. The molecule has 0 unspecified atom stereocenters. The number of aryl methyl sites for hydroxylation is 1. The summed E-state index contributed by atoms with van der Waals surface area (Å²) in [4.78, 5) is 42.7. The van der Waals surface area contributed by atoms with Crippen LogP contribution in [0.4, 0.5) is 4.79 Å². The van der Waals surface area contributed by atoms with Crippen LogP contribution in [0.2, 0.25) is 0 Å². The maximum Gasteiger partial charge on any atom is 0.409 e. The average Bonchev–Trinajstić information content (AvgIpc) is 3.07. The third-order valence-electron chi connectivity index (χ3n) is 5.49. The number of benzene rings is 1. The van der Waals surface area contributed by atoms with E-state index in [1.807, 2.05) is 18.2 Å². The summed E-state index contributed by atoms with van der Waals surface area (Å²) in [6.45, 7) is 6.59. The molecule has 0 aliphatic carbocycles. The minimum atomic E-state index is -0.330. The van der Waals surface area contributed by atoms with Crippen LogP contribution in [0.5, 0.6) is 0 Å². The second-order valence-electron chi connectivity index (χ2n) is 7.60. The molecular formula is C23H29N3O4S2. The van der Waals surface area contributed by atoms with Crippen molar-refractivity contribution in [2.75, 3.05) is 39.3 Å². The van der Waals surface area contributed by atoms with Crippen molar-refractivity contribution >= 4 is 52.3 Å². The topological polar surface area (TPSA) is 70.2 Å². The molecular weight excluding hydrogens is 446 g/mol. The number of ether oxygens (including phenoxy) is 1. The van der Waals surface area contributed by atoms with Crippen LogP contribution in [0, 0.1) is 0 Å². The Morgan fingerprint density at radius 3 is 2.38 bits per heavy atom. The van der Waals surface area contributed by atoms with Crippen LogP contribution < -0.4 is 0 Å². The first-order chi connectivity index (χ1) is 15.4. The van der Waals surface area contributed by atoms with Gasteiger partial charge in [0.25, 0.3) is 5.91 Å². The summed E-state index contributed by atoms with van der Waals surface area (Å²) < 4.78 is 5.53. The SMILES string of the molecule is CCOC(=O)N1CCN(C(=O)CCCN2C(=O)C(=Cc3ccc(CC)cc3)SC2=S)CC1. The van der Waals surface area contributed by atoms with E-state index in [1.54, 1.807) is 21.6 Å². The van der Waals surface area contributed by atoms with Gasteiger partial charge in [0.05, 0.1) is 11.5 Å². The predicted molar refractivity (Wildman–Crippen MR) is 130 cm³/mol. The predicted octanol–water partition coefficient (Wildman–Crippen LogP) is 3.53. The largest absolute Gasteiger partial charge is 0.450 e. The maximum atomic E-state index is 12.8. The molecule has 1 aromatic rings. The Bertz CT molecular complexity index is 893. The smallest absolute Gasteiger partial charge is 0.409 e. The van der Waals surface area contributed by atoms with E-state index in [0.717, 1.165) is 12.0 Å². The Morgan fingerprint density at radius 2 is 1.75 bits per heavy atom. The number of hydrogen-bond acceptors (Lipinski definition) is 6. The van der Waals surface area contributed by atoms with Gasteiger partial charge >= 0.3 is 6.09 Å². The summed E-state index contributed by atoms with van der Waals surface area (Å²) in [5.74, 6) is -0.0689. The van der Waals surface area contributed by atoms with Crippen molar-refractivity contribution < 1.29 is 19.1 Å². The van der Waals surface area contributed by atoms with Crippen LogP contribution in [0.15, 0.2) is 29.2 Å². The highest BCUT2D eigenvalue weighted by Gasteiger charge is 2.32. The van der Waals surface area contributed by atoms with Crippen LogP contribution in [-0.4, -0.2) is 76.3 Å². The number of thioether (sulfide) groups is 1. The van der Waals surface area contributed by atoms with Crippen molar-refractivity contribution in [2.24, 2.45) is 0 Å². The lowest BCUT2D eigenvalue weighted by Crippen LogP contribution is -2.50. The molecule has 3 amide bonds. The van der Waals surface area contributed by atoms with E-state index in [0.29, 0.717) is 61.4 Å². The second kappa shape index (κ2) is 11.5. The van der Waals surface area contributed by atoms with E-state index >= 15 is 0 Å². The van der Waals surface area contributed by atoms with Crippen molar-refractivity contribution in [3.8, 4) is 0 Å². The normalized spacial score (nSPS) is 17.9. The number of carbonyl (C=O) groups is 3. The highest BCUT2D eigenvalue weighted by molar-refractivity contribution is 8.26. The molecule has 2 saturated heterocycles. The second-order valence-corrected chi connectivity index (χ2v) is 9.27. The average molecular weight is 476 g/mol. The molecule has 0 saturated carbocycles. The van der Waals surface area contributed by atoms with Gasteiger partial charge in [0.15, 0.2) is 0 Å². The van der Waals surface area contributed by atoms with Crippen LogP contribution >= 0.6 is 24.0 Å². The number of hydrogen-bond donors (Lipinski definition) is 0. The van der Waals surface area contributed by atoms with Crippen molar-refractivity contribution in [2.45, 2.75) is 33.1 Å². The van der Waals surface area contributed by atoms with E-state index < -0.39 is 0 Å². The van der Waals surface area contributed by atoms with Gasteiger partial charge in [-0.3, -0.25) is 14.5 Å². The van der Waals surface area contributed by atoms with E-state index in [4.69, 9.17) is 17.0 Å². The zero-order valence-electron chi connectivity index (χ0n) is 18.5. The molecule has 2 fully saturated rings. The summed E-state index contributed by atoms with van der Waals surface area (Å²) in [7, 11) is 0. The van der Waals surface area contributed by atoms with Gasteiger partial charge in [0.2, 0.25) is 5.91 Å². The number of carbonyl (C=O) groups excluding carboxylic acids is 3. The lowest BCUT2D eigenvalue weighted by molar-refractivity contribution is -0.133. The summed E-state index contributed by atoms with van der Waals surface area (Å²) >= 11 is 6.70. The van der Waals surface area contributed by atoms with E-state index in [2.05, 4.69) is 19.1 Å². The molecule has 0 N–H and O–H groups in total. The molecule has 0 spiro atoms. The first-order valence-corrected chi connectivity index (χ1v) is 12.2. The van der Waals surface area contributed by atoms with Gasteiger partial charge < -0.3 is 14.5 Å². The van der Waals surface area contributed by atoms with Gasteiger partial charge in [-0.25, -0.2) is 4.79 Å². The summed E-state index contributed by atoms with van der Waals surface area (Å²) in [6, 6.07) is 8.13.